The molecule has 0 fully saturated rings. The number of nitrogens with one attached hydrogen (secondary N) is 3. The standard InChI is InChI=1S/C22H26N4O4/c1-3-16(2)25-21(28)22(29)26-24-14-18-9-11-19(12-10-18)30-15-20(27)23-13-17-7-5-4-6-8-17/h4-12,14,16H,3,13,15H2,1-2H3,(H,23,27)(H,25,28)(H,26,29)/b24-14-/t16-/m0/s1. The topological polar surface area (TPSA) is 109 Å². The molecule has 3 N–H and O–H groups in total. The van der Waals surface area contributed by atoms with Crippen molar-refractivity contribution in [2.45, 2.75) is 32.9 Å². The summed E-state index contributed by atoms with van der Waals surface area (Å²) in [6.45, 7) is 4.07. The number of nitrogens with zero attached hydrogens (tertiary/aromatic N) is 1. The van der Waals surface area contributed by atoms with Gasteiger partial charge in [-0.05, 0) is 48.7 Å². The van der Waals surface area contributed by atoms with Gasteiger partial charge < -0.3 is 15.4 Å². The zero-order chi connectivity index (χ0) is 21.8. The second-order valence-corrected chi connectivity index (χ2v) is 6.60. The first-order chi connectivity index (χ1) is 14.5. The monoisotopic (exact) mass is 410 g/mol. The van der Waals surface area contributed by atoms with E-state index in [1.165, 1.54) is 6.21 Å². The molecule has 1 atom stereocenters. The van der Waals surface area contributed by atoms with E-state index in [2.05, 4.69) is 21.2 Å². The molecule has 30 heavy (non-hydrogen) atoms. The third kappa shape index (κ3) is 8.14. The van der Waals surface area contributed by atoms with Crippen molar-refractivity contribution in [1.82, 2.24) is 16.1 Å². The summed E-state index contributed by atoms with van der Waals surface area (Å²) in [5.41, 5.74) is 3.88. The van der Waals surface area contributed by atoms with Crippen molar-refractivity contribution in [3.05, 3.63) is 65.7 Å². The van der Waals surface area contributed by atoms with Crippen molar-refractivity contribution in [2.24, 2.45) is 5.10 Å². The van der Waals surface area contributed by atoms with Gasteiger partial charge in [-0.15, -0.1) is 0 Å². The summed E-state index contributed by atoms with van der Waals surface area (Å²) in [4.78, 5) is 35.1. The third-order valence-electron chi connectivity index (χ3n) is 4.16. The Morgan fingerprint density at radius 2 is 1.73 bits per heavy atom. The van der Waals surface area contributed by atoms with Gasteiger partial charge in [0, 0.05) is 12.6 Å². The summed E-state index contributed by atoms with van der Waals surface area (Å²) in [6.07, 6.45) is 2.14. The highest BCUT2D eigenvalue weighted by Crippen LogP contribution is 2.11. The molecule has 3 amide bonds. The van der Waals surface area contributed by atoms with Crippen molar-refractivity contribution in [3.8, 4) is 5.75 Å². The molecule has 2 rings (SSSR count). The van der Waals surface area contributed by atoms with Gasteiger partial charge in [-0.25, -0.2) is 5.43 Å². The lowest BCUT2D eigenvalue weighted by atomic mass is 10.2. The molecule has 0 radical (unpaired) electrons. The van der Waals surface area contributed by atoms with E-state index in [0.717, 1.165) is 12.0 Å². The van der Waals surface area contributed by atoms with Crippen molar-refractivity contribution >= 4 is 23.9 Å². The van der Waals surface area contributed by atoms with E-state index >= 15 is 0 Å². The summed E-state index contributed by atoms with van der Waals surface area (Å²) >= 11 is 0. The van der Waals surface area contributed by atoms with E-state index in [0.29, 0.717) is 17.9 Å². The van der Waals surface area contributed by atoms with Crippen LogP contribution < -0.4 is 20.8 Å². The highest BCUT2D eigenvalue weighted by molar-refractivity contribution is 6.35. The highest BCUT2D eigenvalue weighted by Gasteiger charge is 2.14. The maximum atomic E-state index is 11.9. The minimum absolute atomic E-state index is 0.0832. The van der Waals surface area contributed by atoms with Crippen molar-refractivity contribution < 1.29 is 19.1 Å². The Bertz CT molecular complexity index is 866. The first kappa shape index (κ1) is 22.6. The summed E-state index contributed by atoms with van der Waals surface area (Å²) in [7, 11) is 0. The van der Waals surface area contributed by atoms with E-state index in [1.54, 1.807) is 24.3 Å². The minimum Gasteiger partial charge on any atom is -0.484 e. The molecule has 0 saturated heterocycles. The van der Waals surface area contributed by atoms with Crippen LogP contribution >= 0.6 is 0 Å². The van der Waals surface area contributed by atoms with Crippen LogP contribution in [0.1, 0.15) is 31.4 Å². The Hall–Kier alpha value is -3.68. The molecule has 0 aliphatic rings. The fourth-order valence-electron chi connectivity index (χ4n) is 2.25. The normalized spacial score (nSPS) is 11.5. The first-order valence-electron chi connectivity index (χ1n) is 9.65. The van der Waals surface area contributed by atoms with E-state index in [4.69, 9.17) is 4.74 Å². The quantitative estimate of drug-likeness (QED) is 0.332. The van der Waals surface area contributed by atoms with Crippen molar-refractivity contribution in [3.63, 3.8) is 0 Å². The fourth-order valence-corrected chi connectivity index (χ4v) is 2.25. The van der Waals surface area contributed by atoms with E-state index in [1.807, 2.05) is 44.2 Å². The van der Waals surface area contributed by atoms with Gasteiger partial charge in [0.15, 0.2) is 6.61 Å². The lowest BCUT2D eigenvalue weighted by Gasteiger charge is -2.09. The van der Waals surface area contributed by atoms with Gasteiger partial charge in [-0.2, -0.15) is 5.10 Å². The van der Waals surface area contributed by atoms with Crippen LogP contribution in [0.5, 0.6) is 5.75 Å². The average Bonchev–Trinajstić information content (AvgIpc) is 2.77. The van der Waals surface area contributed by atoms with Gasteiger partial charge in [0.05, 0.1) is 6.21 Å². The third-order valence-corrected chi connectivity index (χ3v) is 4.16. The van der Waals surface area contributed by atoms with Crippen LogP contribution in [0.15, 0.2) is 59.7 Å². The summed E-state index contributed by atoms with van der Waals surface area (Å²) in [5.74, 6) is -1.24. The number of hydrogen-bond donors (Lipinski definition) is 3. The largest absolute Gasteiger partial charge is 0.484 e. The number of carbonyl (C=O) groups is 3. The van der Waals surface area contributed by atoms with Crippen LogP contribution in [-0.4, -0.2) is 36.6 Å². The molecule has 8 heteroatoms. The molecule has 8 nitrogen and oxygen atoms in total. The molecule has 2 aromatic carbocycles. The molecule has 0 spiro atoms. The second kappa shape index (κ2) is 12.0. The maximum Gasteiger partial charge on any atom is 0.329 e. The molecule has 0 aliphatic heterocycles. The van der Waals surface area contributed by atoms with Crippen LogP contribution in [-0.2, 0) is 20.9 Å². The lowest BCUT2D eigenvalue weighted by Crippen LogP contribution is -2.41. The Morgan fingerprint density at radius 1 is 1.03 bits per heavy atom. The van der Waals surface area contributed by atoms with Crippen LogP contribution in [0.3, 0.4) is 0 Å². The van der Waals surface area contributed by atoms with Gasteiger partial charge in [0.2, 0.25) is 0 Å². The molecule has 0 unspecified atom stereocenters. The fraction of sp³-hybridized carbons (Fsp3) is 0.273. The molecular weight excluding hydrogens is 384 g/mol. The number of carbonyl (C=O) groups excluding carboxylic acids is 3. The smallest absolute Gasteiger partial charge is 0.329 e. The Kier molecular flexibility index (Phi) is 9.05. The zero-order valence-corrected chi connectivity index (χ0v) is 17.1. The van der Waals surface area contributed by atoms with Crippen molar-refractivity contribution in [2.75, 3.05) is 6.61 Å². The Balaban J connectivity index is 1.72. The zero-order valence-electron chi connectivity index (χ0n) is 17.1. The predicted molar refractivity (Wildman–Crippen MR) is 114 cm³/mol. The molecular formula is C22H26N4O4. The van der Waals surface area contributed by atoms with Crippen LogP contribution in [0.2, 0.25) is 0 Å². The van der Waals surface area contributed by atoms with Crippen LogP contribution in [0.4, 0.5) is 0 Å². The number of ether oxygens (including phenoxy) is 1. The van der Waals surface area contributed by atoms with Crippen LogP contribution in [0.25, 0.3) is 0 Å². The second-order valence-electron chi connectivity index (χ2n) is 6.60. The van der Waals surface area contributed by atoms with E-state index in [9.17, 15) is 14.4 Å². The number of hydrazone groups is 1. The molecule has 0 bridgehead atoms. The molecule has 0 saturated carbocycles. The van der Waals surface area contributed by atoms with E-state index in [-0.39, 0.29) is 18.6 Å². The van der Waals surface area contributed by atoms with Gasteiger partial charge >= 0.3 is 11.8 Å². The predicted octanol–water partition coefficient (Wildman–Crippen LogP) is 1.75. The average molecular weight is 410 g/mol. The number of hydrogen-bond acceptors (Lipinski definition) is 5. The summed E-state index contributed by atoms with van der Waals surface area (Å²) < 4.78 is 5.45. The highest BCUT2D eigenvalue weighted by atomic mass is 16.5. The van der Waals surface area contributed by atoms with E-state index < -0.39 is 11.8 Å². The molecule has 0 heterocycles. The molecule has 0 aromatic heterocycles. The summed E-state index contributed by atoms with van der Waals surface area (Å²) in [6, 6.07) is 16.3. The van der Waals surface area contributed by atoms with Gasteiger partial charge in [-0.3, -0.25) is 14.4 Å². The van der Waals surface area contributed by atoms with Gasteiger partial charge in [0.25, 0.3) is 5.91 Å². The van der Waals surface area contributed by atoms with Gasteiger partial charge in [-0.1, -0.05) is 37.3 Å². The number of benzene rings is 2. The Labute approximate surface area is 175 Å². The molecule has 0 aliphatic carbocycles. The number of amides is 3. The SMILES string of the molecule is CC[C@H](C)NC(=O)C(=O)N/N=C\c1ccc(OCC(=O)NCc2ccccc2)cc1. The van der Waals surface area contributed by atoms with Crippen molar-refractivity contribution in [1.29, 1.82) is 0 Å². The Morgan fingerprint density at radius 3 is 2.40 bits per heavy atom. The van der Waals surface area contributed by atoms with Crippen LogP contribution in [0, 0.1) is 0 Å². The lowest BCUT2D eigenvalue weighted by molar-refractivity contribution is -0.139. The summed E-state index contributed by atoms with van der Waals surface area (Å²) in [5, 5.41) is 9.10. The number of rotatable bonds is 9. The minimum atomic E-state index is -0.826. The van der Waals surface area contributed by atoms with Gasteiger partial charge in [0.1, 0.15) is 5.75 Å². The maximum absolute atomic E-state index is 11.9. The molecule has 2 aromatic rings. The first-order valence-corrected chi connectivity index (χ1v) is 9.65. The molecule has 158 valence electrons.